The van der Waals surface area contributed by atoms with Crippen LogP contribution in [-0.2, 0) is 39.9 Å². The zero-order chi connectivity index (χ0) is 19.5. The van der Waals surface area contributed by atoms with Gasteiger partial charge in [-0.15, -0.1) is 0 Å². The second kappa shape index (κ2) is 11.7. The van der Waals surface area contributed by atoms with Crippen molar-refractivity contribution in [1.29, 1.82) is 0 Å². The monoisotopic (exact) mass is 408 g/mol. The molecule has 1 aromatic rings. The molecule has 0 heterocycles. The normalized spacial score (nSPS) is 12.6. The third-order valence-electron chi connectivity index (χ3n) is 3.55. The molecule has 0 bridgehead atoms. The number of hydrogen-bond donors (Lipinski definition) is 0. The highest BCUT2D eigenvalue weighted by atomic mass is 32.2. The van der Waals surface area contributed by atoms with E-state index >= 15 is 0 Å². The highest BCUT2D eigenvalue weighted by Crippen LogP contribution is 2.14. The lowest BCUT2D eigenvalue weighted by molar-refractivity contribution is 0.115. The van der Waals surface area contributed by atoms with Gasteiger partial charge in [0, 0.05) is 12.5 Å². The molecule has 0 amide bonds. The highest BCUT2D eigenvalue weighted by Gasteiger charge is 2.15. The predicted octanol–water partition coefficient (Wildman–Crippen LogP) is 2.33. The first-order chi connectivity index (χ1) is 12.2. The van der Waals surface area contributed by atoms with Gasteiger partial charge in [-0.3, -0.25) is 8.37 Å². The Morgan fingerprint density at radius 2 is 1.42 bits per heavy atom. The molecule has 0 N–H and O–H groups in total. The Morgan fingerprint density at radius 1 is 0.846 bits per heavy atom. The predicted molar refractivity (Wildman–Crippen MR) is 99.6 cm³/mol. The summed E-state index contributed by atoms with van der Waals surface area (Å²) in [7, 11) is -7.13. The molecule has 0 aliphatic heterocycles. The first-order valence-electron chi connectivity index (χ1n) is 8.46. The molecular weight excluding hydrogens is 380 g/mol. The molecule has 0 saturated heterocycles. The zero-order valence-corrected chi connectivity index (χ0v) is 16.9. The van der Waals surface area contributed by atoms with E-state index < -0.39 is 20.2 Å². The molecule has 150 valence electrons. The second-order valence-corrected chi connectivity index (χ2v) is 9.52. The Morgan fingerprint density at radius 3 is 1.96 bits per heavy atom. The first kappa shape index (κ1) is 23.0. The van der Waals surface area contributed by atoms with Gasteiger partial charge in [-0.1, -0.05) is 43.2 Å². The average molecular weight is 409 g/mol. The van der Waals surface area contributed by atoms with Gasteiger partial charge in [-0.05, 0) is 18.4 Å². The summed E-state index contributed by atoms with van der Waals surface area (Å²) >= 11 is 0. The number of rotatable bonds is 14. The van der Waals surface area contributed by atoms with Crippen LogP contribution < -0.4 is 0 Å². The summed E-state index contributed by atoms with van der Waals surface area (Å²) in [5.41, 5.74) is 1.13. The van der Waals surface area contributed by atoms with Gasteiger partial charge in [0.15, 0.2) is 0 Å². The fraction of sp³-hybridized carbons (Fsp3) is 0.647. The fourth-order valence-corrected chi connectivity index (χ4v) is 3.11. The van der Waals surface area contributed by atoms with Crippen molar-refractivity contribution in [3.63, 3.8) is 0 Å². The molecular formula is C17H28O7S2. The van der Waals surface area contributed by atoms with E-state index in [-0.39, 0.29) is 19.1 Å². The Balaban J connectivity index is 2.22. The van der Waals surface area contributed by atoms with Crippen LogP contribution in [0.4, 0.5) is 0 Å². The van der Waals surface area contributed by atoms with Gasteiger partial charge >= 0.3 is 0 Å². The minimum Gasteiger partial charge on any atom is -0.377 e. The van der Waals surface area contributed by atoms with Crippen LogP contribution in [0.2, 0.25) is 0 Å². The van der Waals surface area contributed by atoms with E-state index in [2.05, 4.69) is 0 Å². The standard InChI is InChI=1S/C17H28O7S2/c1-25(18,19)23-14-17(15-24-26(2,20)21)11-7-4-8-12-22-13-16-9-5-3-6-10-16/h3,5-6,9-10,17H,4,7-8,11-15H2,1-2H3. The molecule has 0 aromatic heterocycles. The summed E-state index contributed by atoms with van der Waals surface area (Å²) < 4.78 is 59.6. The van der Waals surface area contributed by atoms with Gasteiger partial charge in [-0.25, -0.2) is 0 Å². The largest absolute Gasteiger partial charge is 0.377 e. The summed E-state index contributed by atoms with van der Waals surface area (Å²) in [6.07, 6.45) is 5.11. The Bertz CT molecular complexity index is 664. The highest BCUT2D eigenvalue weighted by molar-refractivity contribution is 7.86. The van der Waals surface area contributed by atoms with Crippen LogP contribution in [0.3, 0.4) is 0 Å². The lowest BCUT2D eigenvalue weighted by atomic mass is 10.0. The summed E-state index contributed by atoms with van der Waals surface area (Å²) in [4.78, 5) is 0. The lowest BCUT2D eigenvalue weighted by Crippen LogP contribution is -2.20. The number of ether oxygens (including phenoxy) is 1. The molecule has 7 nitrogen and oxygen atoms in total. The van der Waals surface area contributed by atoms with Crippen molar-refractivity contribution in [3.05, 3.63) is 35.9 Å². The maximum Gasteiger partial charge on any atom is 0.264 e. The van der Waals surface area contributed by atoms with Crippen molar-refractivity contribution in [2.75, 3.05) is 32.3 Å². The molecule has 0 saturated carbocycles. The van der Waals surface area contributed by atoms with Crippen molar-refractivity contribution in [3.8, 4) is 0 Å². The van der Waals surface area contributed by atoms with E-state index in [0.717, 1.165) is 37.3 Å². The SMILES string of the molecule is CS(=O)(=O)OCC(CCCCCOCc1ccccc1)COS(C)(=O)=O. The first-order valence-corrected chi connectivity index (χ1v) is 12.1. The van der Waals surface area contributed by atoms with Crippen molar-refractivity contribution >= 4 is 20.2 Å². The average Bonchev–Trinajstić information content (AvgIpc) is 2.55. The summed E-state index contributed by atoms with van der Waals surface area (Å²) in [6.45, 7) is 1.05. The number of hydrogen-bond acceptors (Lipinski definition) is 7. The third kappa shape index (κ3) is 13.2. The quantitative estimate of drug-likeness (QED) is 0.344. The van der Waals surface area contributed by atoms with E-state index in [9.17, 15) is 16.8 Å². The van der Waals surface area contributed by atoms with Crippen LogP contribution in [0.15, 0.2) is 30.3 Å². The molecule has 0 fully saturated rings. The van der Waals surface area contributed by atoms with E-state index in [1.54, 1.807) is 0 Å². The van der Waals surface area contributed by atoms with Crippen molar-refractivity contribution < 1.29 is 29.9 Å². The topological polar surface area (TPSA) is 96.0 Å². The van der Waals surface area contributed by atoms with Gasteiger partial charge in [0.05, 0.1) is 32.3 Å². The zero-order valence-electron chi connectivity index (χ0n) is 15.3. The molecule has 0 radical (unpaired) electrons. The van der Waals surface area contributed by atoms with Crippen LogP contribution in [0.25, 0.3) is 0 Å². The molecule has 0 spiro atoms. The fourth-order valence-electron chi connectivity index (χ4n) is 2.23. The van der Waals surface area contributed by atoms with Gasteiger partial charge in [0.25, 0.3) is 20.2 Å². The minimum atomic E-state index is -3.57. The Kier molecular flexibility index (Phi) is 10.3. The number of unbranched alkanes of at least 4 members (excludes halogenated alkanes) is 2. The summed E-state index contributed by atoms with van der Waals surface area (Å²) in [5, 5.41) is 0. The summed E-state index contributed by atoms with van der Waals surface area (Å²) in [5.74, 6) is -0.301. The molecule has 0 atom stereocenters. The molecule has 26 heavy (non-hydrogen) atoms. The van der Waals surface area contributed by atoms with E-state index in [0.29, 0.717) is 19.6 Å². The molecule has 9 heteroatoms. The molecule has 0 aliphatic rings. The number of benzene rings is 1. The van der Waals surface area contributed by atoms with E-state index in [4.69, 9.17) is 13.1 Å². The second-order valence-electron chi connectivity index (χ2n) is 6.23. The van der Waals surface area contributed by atoms with Gasteiger partial charge < -0.3 is 4.74 Å². The van der Waals surface area contributed by atoms with E-state index in [1.807, 2.05) is 30.3 Å². The molecule has 0 aliphatic carbocycles. The van der Waals surface area contributed by atoms with Crippen LogP contribution in [0, 0.1) is 5.92 Å². The lowest BCUT2D eigenvalue weighted by Gasteiger charge is -2.15. The van der Waals surface area contributed by atoms with E-state index in [1.165, 1.54) is 0 Å². The Hall–Kier alpha value is -1.00. The molecule has 1 rings (SSSR count). The van der Waals surface area contributed by atoms with Crippen LogP contribution >= 0.6 is 0 Å². The van der Waals surface area contributed by atoms with Crippen LogP contribution in [-0.4, -0.2) is 49.2 Å². The summed E-state index contributed by atoms with van der Waals surface area (Å²) in [6, 6.07) is 9.91. The maximum atomic E-state index is 11.1. The van der Waals surface area contributed by atoms with Gasteiger partial charge in [-0.2, -0.15) is 16.8 Å². The van der Waals surface area contributed by atoms with Gasteiger partial charge in [0.1, 0.15) is 0 Å². The van der Waals surface area contributed by atoms with Crippen LogP contribution in [0.5, 0.6) is 0 Å². The molecule has 0 unspecified atom stereocenters. The maximum absolute atomic E-state index is 11.1. The third-order valence-corrected chi connectivity index (χ3v) is 4.68. The van der Waals surface area contributed by atoms with Gasteiger partial charge in [0.2, 0.25) is 0 Å². The van der Waals surface area contributed by atoms with Crippen LogP contribution in [0.1, 0.15) is 31.2 Å². The Labute approximate surface area is 156 Å². The smallest absolute Gasteiger partial charge is 0.264 e. The molecule has 1 aromatic carbocycles. The minimum absolute atomic E-state index is 0.0845. The van der Waals surface area contributed by atoms with Crippen molar-refractivity contribution in [1.82, 2.24) is 0 Å². The van der Waals surface area contributed by atoms with Crippen molar-refractivity contribution in [2.24, 2.45) is 5.92 Å². The van der Waals surface area contributed by atoms with Crippen molar-refractivity contribution in [2.45, 2.75) is 32.3 Å².